The smallest absolute Gasteiger partial charge is 0.326 e. The number of aromatic nitrogens is 1. The summed E-state index contributed by atoms with van der Waals surface area (Å²) in [4.78, 5) is 54.4. The van der Waals surface area contributed by atoms with Crippen LogP contribution in [0.1, 0.15) is 24.0 Å². The number of hydrogen-bond donors (Lipinski definition) is 7. The minimum atomic E-state index is -1.19. The van der Waals surface area contributed by atoms with Gasteiger partial charge >= 0.3 is 5.97 Å². The van der Waals surface area contributed by atoms with Crippen molar-refractivity contribution in [1.82, 2.24) is 26.3 Å². The number of rotatable bonds is 12. The van der Waals surface area contributed by atoms with E-state index in [1.54, 1.807) is 30.5 Å². The monoisotopic (exact) mass is 551 g/mol. The van der Waals surface area contributed by atoms with E-state index in [0.717, 1.165) is 35.0 Å². The summed E-state index contributed by atoms with van der Waals surface area (Å²) in [5, 5.41) is 21.7. The third-order valence-electron chi connectivity index (χ3n) is 6.82. The molecule has 0 bridgehead atoms. The second-order valence-electron chi connectivity index (χ2n) is 9.61. The Kier molecular flexibility index (Phi) is 9.61. The largest absolute Gasteiger partial charge is 0.480 e. The molecule has 1 saturated heterocycles. The third-order valence-corrected chi connectivity index (χ3v) is 7.19. The van der Waals surface area contributed by atoms with Gasteiger partial charge < -0.3 is 31.4 Å². The SMILES string of the molecule is O=C(O)C(Cc1ccccc1)NC(=O)C(CS)NC(=O)C(Cc1c[nH]c2ccccc12)NC(=O)C1CCCN1. The van der Waals surface area contributed by atoms with E-state index < -0.39 is 35.9 Å². The Morgan fingerprint density at radius 1 is 0.897 bits per heavy atom. The average Bonchev–Trinajstić information content (AvgIpc) is 3.62. The first-order valence-electron chi connectivity index (χ1n) is 12.9. The minimum Gasteiger partial charge on any atom is -0.480 e. The average molecular weight is 552 g/mol. The van der Waals surface area contributed by atoms with Gasteiger partial charge in [0.1, 0.15) is 18.1 Å². The fraction of sp³-hybridized carbons (Fsp3) is 0.357. The van der Waals surface area contributed by atoms with Crippen LogP contribution in [0.15, 0.2) is 60.8 Å². The van der Waals surface area contributed by atoms with Crippen LogP contribution >= 0.6 is 12.6 Å². The Labute approximate surface area is 231 Å². The maximum absolute atomic E-state index is 13.5. The van der Waals surface area contributed by atoms with E-state index in [1.807, 2.05) is 30.3 Å². The van der Waals surface area contributed by atoms with Crippen LogP contribution in [0.2, 0.25) is 0 Å². The van der Waals surface area contributed by atoms with Gasteiger partial charge in [0, 0.05) is 35.7 Å². The third kappa shape index (κ3) is 7.39. The van der Waals surface area contributed by atoms with Crippen molar-refractivity contribution < 1.29 is 24.3 Å². The van der Waals surface area contributed by atoms with Gasteiger partial charge in [-0.25, -0.2) is 4.79 Å². The molecule has 4 atom stereocenters. The van der Waals surface area contributed by atoms with E-state index in [9.17, 15) is 24.3 Å². The lowest BCUT2D eigenvalue weighted by molar-refractivity contribution is -0.142. The van der Waals surface area contributed by atoms with Gasteiger partial charge in [-0.2, -0.15) is 12.6 Å². The summed E-state index contributed by atoms with van der Waals surface area (Å²) in [6.45, 7) is 0.729. The number of aliphatic carboxylic acids is 1. The number of nitrogens with one attached hydrogen (secondary N) is 5. The molecule has 4 rings (SSSR count). The van der Waals surface area contributed by atoms with E-state index in [-0.39, 0.29) is 30.5 Å². The number of carbonyl (C=O) groups excluding carboxylic acids is 3. The van der Waals surface area contributed by atoms with Crippen molar-refractivity contribution in [3.8, 4) is 0 Å². The molecule has 11 heteroatoms. The molecule has 0 saturated carbocycles. The summed E-state index contributed by atoms with van der Waals surface area (Å²) in [5.74, 6) is -2.77. The van der Waals surface area contributed by atoms with Crippen molar-refractivity contribution in [1.29, 1.82) is 0 Å². The fourth-order valence-corrected chi connectivity index (χ4v) is 4.96. The highest BCUT2D eigenvalue weighted by Crippen LogP contribution is 2.19. The van der Waals surface area contributed by atoms with Crippen molar-refractivity contribution in [2.45, 2.75) is 49.9 Å². The summed E-state index contributed by atoms with van der Waals surface area (Å²) < 4.78 is 0. The number of para-hydroxylation sites is 1. The summed E-state index contributed by atoms with van der Waals surface area (Å²) in [5.41, 5.74) is 2.49. The molecule has 1 aliphatic rings. The second-order valence-corrected chi connectivity index (χ2v) is 9.97. The second kappa shape index (κ2) is 13.3. The number of H-pyrrole nitrogens is 1. The van der Waals surface area contributed by atoms with E-state index >= 15 is 0 Å². The van der Waals surface area contributed by atoms with Gasteiger partial charge in [-0.15, -0.1) is 0 Å². The van der Waals surface area contributed by atoms with Crippen LogP contribution < -0.4 is 21.3 Å². The highest BCUT2D eigenvalue weighted by Gasteiger charge is 2.31. The van der Waals surface area contributed by atoms with E-state index in [0.29, 0.717) is 6.42 Å². The molecule has 1 aliphatic heterocycles. The summed E-state index contributed by atoms with van der Waals surface area (Å²) >= 11 is 4.22. The molecular formula is C28H33N5O5S. The maximum Gasteiger partial charge on any atom is 0.326 e. The molecule has 0 aliphatic carbocycles. The Hall–Kier alpha value is -3.83. The molecule has 206 valence electrons. The van der Waals surface area contributed by atoms with Crippen molar-refractivity contribution in [2.24, 2.45) is 0 Å². The Bertz CT molecular complexity index is 1310. The molecule has 1 aromatic heterocycles. The molecule has 4 unspecified atom stereocenters. The number of hydrogen-bond acceptors (Lipinski definition) is 6. The van der Waals surface area contributed by atoms with Gasteiger partial charge in [0.2, 0.25) is 17.7 Å². The number of fused-ring (bicyclic) bond motifs is 1. The predicted molar refractivity (Wildman–Crippen MR) is 150 cm³/mol. The first-order chi connectivity index (χ1) is 18.9. The normalized spacial score (nSPS) is 17.2. The molecule has 2 heterocycles. The quantitative estimate of drug-likeness (QED) is 0.168. The zero-order valence-electron chi connectivity index (χ0n) is 21.4. The van der Waals surface area contributed by atoms with Gasteiger partial charge in [-0.1, -0.05) is 48.5 Å². The van der Waals surface area contributed by atoms with Crippen LogP contribution in [0.3, 0.4) is 0 Å². The number of thiol groups is 1. The van der Waals surface area contributed by atoms with Gasteiger partial charge in [0.15, 0.2) is 0 Å². The first kappa shape index (κ1) is 28.2. The van der Waals surface area contributed by atoms with Crippen LogP contribution in [-0.2, 0) is 32.0 Å². The molecule has 1 fully saturated rings. The summed E-state index contributed by atoms with van der Waals surface area (Å²) in [7, 11) is 0. The fourth-order valence-electron chi connectivity index (χ4n) is 4.70. The first-order valence-corrected chi connectivity index (χ1v) is 13.6. The van der Waals surface area contributed by atoms with Gasteiger partial charge in [0.25, 0.3) is 0 Å². The number of carboxylic acids is 1. The Morgan fingerprint density at radius 3 is 2.28 bits per heavy atom. The van der Waals surface area contributed by atoms with E-state index in [2.05, 4.69) is 38.9 Å². The number of aromatic amines is 1. The Morgan fingerprint density at radius 2 is 1.59 bits per heavy atom. The molecule has 3 aromatic rings. The zero-order chi connectivity index (χ0) is 27.8. The predicted octanol–water partition coefficient (Wildman–Crippen LogP) is 1.17. The van der Waals surface area contributed by atoms with Crippen LogP contribution in [-0.4, -0.2) is 70.2 Å². The summed E-state index contributed by atoms with van der Waals surface area (Å²) in [6.07, 6.45) is 3.62. The molecule has 0 radical (unpaired) electrons. The lowest BCUT2D eigenvalue weighted by Gasteiger charge is -2.24. The number of benzene rings is 2. The standard InChI is InChI=1S/C28H33N5O5S/c34-25(21-11-6-12-29-21)31-22(14-18-15-30-20-10-5-4-9-19(18)20)26(35)33-24(16-39)27(36)32-23(28(37)38)13-17-7-2-1-3-8-17/h1-5,7-10,15,21-24,29-30,39H,6,11-14,16H2,(H,31,34)(H,32,36)(H,33,35)(H,37,38). The highest BCUT2D eigenvalue weighted by molar-refractivity contribution is 7.80. The minimum absolute atomic E-state index is 0.0623. The molecule has 3 amide bonds. The van der Waals surface area contributed by atoms with Gasteiger partial charge in [0.05, 0.1) is 6.04 Å². The topological polar surface area (TPSA) is 152 Å². The van der Waals surface area contributed by atoms with Gasteiger partial charge in [-0.05, 0) is 36.6 Å². The van der Waals surface area contributed by atoms with E-state index in [1.165, 1.54) is 0 Å². The maximum atomic E-state index is 13.5. The van der Waals surface area contributed by atoms with E-state index in [4.69, 9.17) is 0 Å². The van der Waals surface area contributed by atoms with Crippen LogP contribution in [0.5, 0.6) is 0 Å². The molecule has 39 heavy (non-hydrogen) atoms. The molecule has 10 nitrogen and oxygen atoms in total. The lowest BCUT2D eigenvalue weighted by Crippen LogP contribution is -2.58. The van der Waals surface area contributed by atoms with Crippen molar-refractivity contribution >= 4 is 47.2 Å². The zero-order valence-corrected chi connectivity index (χ0v) is 22.2. The molecular weight excluding hydrogens is 518 g/mol. The Balaban J connectivity index is 1.47. The van der Waals surface area contributed by atoms with Crippen LogP contribution in [0, 0.1) is 0 Å². The van der Waals surface area contributed by atoms with Crippen LogP contribution in [0.25, 0.3) is 10.9 Å². The lowest BCUT2D eigenvalue weighted by atomic mass is 10.0. The van der Waals surface area contributed by atoms with Crippen molar-refractivity contribution in [3.05, 3.63) is 71.9 Å². The van der Waals surface area contributed by atoms with Gasteiger partial charge in [-0.3, -0.25) is 14.4 Å². The number of carboxylic acid groups (broad SMARTS) is 1. The number of carbonyl (C=O) groups is 4. The molecule has 6 N–H and O–H groups in total. The highest BCUT2D eigenvalue weighted by atomic mass is 32.1. The summed E-state index contributed by atoms with van der Waals surface area (Å²) in [6, 6.07) is 12.9. The molecule has 2 aromatic carbocycles. The number of amides is 3. The molecule has 0 spiro atoms. The van der Waals surface area contributed by atoms with Crippen LogP contribution in [0.4, 0.5) is 0 Å². The van der Waals surface area contributed by atoms with Crippen molar-refractivity contribution in [3.63, 3.8) is 0 Å². The van der Waals surface area contributed by atoms with Crippen molar-refractivity contribution in [2.75, 3.05) is 12.3 Å².